The van der Waals surface area contributed by atoms with E-state index in [2.05, 4.69) is 22.3 Å². The van der Waals surface area contributed by atoms with E-state index in [1.165, 1.54) is 18.0 Å². The average Bonchev–Trinajstić information content (AvgIpc) is 2.54. The molecule has 0 saturated heterocycles. The molecule has 1 aromatic heterocycles. The van der Waals surface area contributed by atoms with Crippen molar-refractivity contribution in [3.63, 3.8) is 0 Å². The summed E-state index contributed by atoms with van der Waals surface area (Å²) >= 11 is 0. The van der Waals surface area contributed by atoms with Crippen LogP contribution >= 0.6 is 0 Å². The van der Waals surface area contributed by atoms with Gasteiger partial charge in [-0.05, 0) is 23.6 Å². The van der Waals surface area contributed by atoms with Gasteiger partial charge in [-0.2, -0.15) is 10.2 Å². The highest BCUT2D eigenvalue weighted by atomic mass is 16.2. The SMILES string of the molecule is NCC1c2ccccc2CCN1C(=O)c1ccnnc1. The van der Waals surface area contributed by atoms with Crippen molar-refractivity contribution < 1.29 is 4.79 Å². The molecule has 0 spiro atoms. The predicted molar refractivity (Wildman–Crippen MR) is 75.0 cm³/mol. The Labute approximate surface area is 117 Å². The number of aromatic nitrogens is 2. The second-order valence-corrected chi connectivity index (χ2v) is 4.83. The molecule has 0 radical (unpaired) electrons. The normalized spacial score (nSPS) is 17.6. The number of hydrogen-bond acceptors (Lipinski definition) is 4. The molecule has 2 heterocycles. The Morgan fingerprint density at radius 2 is 2.15 bits per heavy atom. The van der Waals surface area contributed by atoms with Crippen LogP contribution in [-0.2, 0) is 6.42 Å². The zero-order chi connectivity index (χ0) is 13.9. The van der Waals surface area contributed by atoms with Gasteiger partial charge < -0.3 is 10.6 Å². The van der Waals surface area contributed by atoms with Crippen molar-refractivity contribution in [1.29, 1.82) is 0 Å². The molecule has 2 N–H and O–H groups in total. The Bertz CT molecular complexity index is 614. The minimum atomic E-state index is -0.0689. The van der Waals surface area contributed by atoms with E-state index >= 15 is 0 Å². The average molecular weight is 268 g/mol. The topological polar surface area (TPSA) is 72.1 Å². The maximum absolute atomic E-state index is 12.6. The maximum Gasteiger partial charge on any atom is 0.256 e. The first-order valence-electron chi connectivity index (χ1n) is 6.67. The summed E-state index contributed by atoms with van der Waals surface area (Å²) in [6.45, 7) is 1.10. The highest BCUT2D eigenvalue weighted by molar-refractivity contribution is 5.94. The molecule has 0 bridgehead atoms. The van der Waals surface area contributed by atoms with Gasteiger partial charge in [0.1, 0.15) is 0 Å². The summed E-state index contributed by atoms with van der Waals surface area (Å²) in [6, 6.07) is 9.79. The summed E-state index contributed by atoms with van der Waals surface area (Å²) in [5.74, 6) is -0.0372. The van der Waals surface area contributed by atoms with Crippen molar-refractivity contribution in [1.82, 2.24) is 15.1 Å². The van der Waals surface area contributed by atoms with E-state index in [0.29, 0.717) is 18.7 Å². The van der Waals surface area contributed by atoms with Crippen molar-refractivity contribution in [2.45, 2.75) is 12.5 Å². The third kappa shape index (κ3) is 2.16. The number of nitrogens with zero attached hydrogens (tertiary/aromatic N) is 3. The molecule has 1 atom stereocenters. The molecular weight excluding hydrogens is 252 g/mol. The van der Waals surface area contributed by atoms with Crippen LogP contribution in [0.3, 0.4) is 0 Å². The fraction of sp³-hybridized carbons (Fsp3) is 0.267. The number of benzene rings is 1. The summed E-state index contributed by atoms with van der Waals surface area (Å²) in [5, 5.41) is 7.47. The van der Waals surface area contributed by atoms with Gasteiger partial charge in [0, 0.05) is 13.1 Å². The van der Waals surface area contributed by atoms with Crippen LogP contribution in [0.4, 0.5) is 0 Å². The molecule has 2 aromatic rings. The van der Waals surface area contributed by atoms with Crippen LogP contribution in [0.25, 0.3) is 0 Å². The lowest BCUT2D eigenvalue weighted by atomic mass is 9.92. The van der Waals surface area contributed by atoms with Gasteiger partial charge in [0.15, 0.2) is 0 Å². The Hall–Kier alpha value is -2.27. The number of nitrogens with two attached hydrogens (primary N) is 1. The summed E-state index contributed by atoms with van der Waals surface area (Å²) in [4.78, 5) is 14.4. The zero-order valence-corrected chi connectivity index (χ0v) is 11.1. The van der Waals surface area contributed by atoms with Gasteiger partial charge in [-0.3, -0.25) is 4.79 Å². The number of carbonyl (C=O) groups excluding carboxylic acids is 1. The predicted octanol–water partition coefficient (Wildman–Crippen LogP) is 1.17. The molecule has 5 heteroatoms. The van der Waals surface area contributed by atoms with E-state index in [4.69, 9.17) is 5.73 Å². The minimum Gasteiger partial charge on any atom is -0.330 e. The van der Waals surface area contributed by atoms with E-state index in [-0.39, 0.29) is 11.9 Å². The molecule has 102 valence electrons. The van der Waals surface area contributed by atoms with Crippen LogP contribution in [0, 0.1) is 0 Å². The first kappa shape index (κ1) is 12.7. The molecule has 1 aliphatic heterocycles. The van der Waals surface area contributed by atoms with Crippen molar-refractivity contribution in [3.8, 4) is 0 Å². The van der Waals surface area contributed by atoms with Crippen LogP contribution in [-0.4, -0.2) is 34.1 Å². The van der Waals surface area contributed by atoms with Crippen LogP contribution in [0.5, 0.6) is 0 Å². The zero-order valence-electron chi connectivity index (χ0n) is 11.1. The monoisotopic (exact) mass is 268 g/mol. The molecule has 5 nitrogen and oxygen atoms in total. The standard InChI is InChI=1S/C15H16N4O/c16-9-14-13-4-2-1-3-11(13)6-8-19(14)15(20)12-5-7-17-18-10-12/h1-5,7,10,14H,6,8-9,16H2. The van der Waals surface area contributed by atoms with Crippen molar-refractivity contribution in [2.24, 2.45) is 5.73 Å². The van der Waals surface area contributed by atoms with Gasteiger partial charge in [0.25, 0.3) is 5.91 Å². The number of carbonyl (C=O) groups is 1. The molecule has 1 amide bonds. The summed E-state index contributed by atoms with van der Waals surface area (Å²) < 4.78 is 0. The number of amides is 1. The highest BCUT2D eigenvalue weighted by Crippen LogP contribution is 2.29. The van der Waals surface area contributed by atoms with Gasteiger partial charge in [-0.15, -0.1) is 0 Å². The largest absolute Gasteiger partial charge is 0.330 e. The van der Waals surface area contributed by atoms with Gasteiger partial charge in [-0.1, -0.05) is 24.3 Å². The summed E-state index contributed by atoms with van der Waals surface area (Å²) in [5.41, 5.74) is 8.88. The third-order valence-electron chi connectivity index (χ3n) is 3.73. The Morgan fingerprint density at radius 1 is 1.30 bits per heavy atom. The quantitative estimate of drug-likeness (QED) is 0.887. The summed E-state index contributed by atoms with van der Waals surface area (Å²) in [6.07, 6.45) is 3.88. The van der Waals surface area contributed by atoms with Crippen LogP contribution in [0.2, 0.25) is 0 Å². The highest BCUT2D eigenvalue weighted by Gasteiger charge is 2.30. The molecule has 1 aromatic carbocycles. The van der Waals surface area contributed by atoms with E-state index in [1.54, 1.807) is 6.07 Å². The van der Waals surface area contributed by atoms with Gasteiger partial charge in [0.2, 0.25) is 0 Å². The van der Waals surface area contributed by atoms with E-state index in [0.717, 1.165) is 12.0 Å². The van der Waals surface area contributed by atoms with E-state index in [9.17, 15) is 4.79 Å². The second kappa shape index (κ2) is 5.38. The molecule has 1 unspecified atom stereocenters. The van der Waals surface area contributed by atoms with Crippen molar-refractivity contribution in [2.75, 3.05) is 13.1 Å². The molecule has 0 fully saturated rings. The molecule has 1 aliphatic rings. The number of rotatable bonds is 2. The van der Waals surface area contributed by atoms with E-state index in [1.807, 2.05) is 17.0 Å². The summed E-state index contributed by atoms with van der Waals surface area (Å²) in [7, 11) is 0. The first-order valence-corrected chi connectivity index (χ1v) is 6.67. The number of hydrogen-bond donors (Lipinski definition) is 1. The van der Waals surface area contributed by atoms with Crippen LogP contribution in [0.1, 0.15) is 27.5 Å². The van der Waals surface area contributed by atoms with Gasteiger partial charge in [0.05, 0.1) is 24.0 Å². The lowest BCUT2D eigenvalue weighted by Crippen LogP contribution is -2.43. The Kier molecular flexibility index (Phi) is 3.43. The van der Waals surface area contributed by atoms with Crippen molar-refractivity contribution in [3.05, 3.63) is 59.4 Å². The van der Waals surface area contributed by atoms with Crippen molar-refractivity contribution >= 4 is 5.91 Å². The molecule has 0 saturated carbocycles. The van der Waals surface area contributed by atoms with Crippen LogP contribution in [0.15, 0.2) is 42.7 Å². The second-order valence-electron chi connectivity index (χ2n) is 4.83. The molecule has 3 rings (SSSR count). The fourth-order valence-electron chi connectivity index (χ4n) is 2.73. The third-order valence-corrected chi connectivity index (χ3v) is 3.73. The maximum atomic E-state index is 12.6. The number of fused-ring (bicyclic) bond motifs is 1. The molecule has 0 aliphatic carbocycles. The lowest BCUT2D eigenvalue weighted by Gasteiger charge is -2.36. The van der Waals surface area contributed by atoms with Gasteiger partial charge >= 0.3 is 0 Å². The first-order chi connectivity index (χ1) is 9.81. The smallest absolute Gasteiger partial charge is 0.256 e. The Morgan fingerprint density at radius 3 is 2.90 bits per heavy atom. The molecular formula is C15H16N4O. The lowest BCUT2D eigenvalue weighted by molar-refractivity contribution is 0.0667. The Balaban J connectivity index is 1.94. The van der Waals surface area contributed by atoms with E-state index < -0.39 is 0 Å². The van der Waals surface area contributed by atoms with Gasteiger partial charge in [-0.25, -0.2) is 0 Å². The van der Waals surface area contributed by atoms with Crippen LogP contribution < -0.4 is 5.73 Å². The fourth-order valence-corrected chi connectivity index (χ4v) is 2.73. The minimum absolute atomic E-state index is 0.0372. The molecule has 20 heavy (non-hydrogen) atoms.